The van der Waals surface area contributed by atoms with Crippen molar-refractivity contribution in [3.05, 3.63) is 29.8 Å². The van der Waals surface area contributed by atoms with Crippen molar-refractivity contribution < 1.29 is 14.6 Å². The van der Waals surface area contributed by atoms with Crippen molar-refractivity contribution in [2.75, 3.05) is 19.7 Å². The summed E-state index contributed by atoms with van der Waals surface area (Å²) in [4.78, 5) is 13.0. The van der Waals surface area contributed by atoms with Gasteiger partial charge in [-0.15, -0.1) is 0 Å². The van der Waals surface area contributed by atoms with Gasteiger partial charge in [0, 0.05) is 19.6 Å². The average molecular weight is 343 g/mol. The Hall–Kier alpha value is -1.55. The van der Waals surface area contributed by atoms with Crippen molar-refractivity contribution in [1.82, 2.24) is 4.90 Å². The Labute approximate surface area is 150 Å². The lowest BCUT2D eigenvalue weighted by Gasteiger charge is -2.60. The van der Waals surface area contributed by atoms with Gasteiger partial charge < -0.3 is 9.84 Å². The first-order chi connectivity index (χ1) is 11.9. The maximum absolute atomic E-state index is 10.8. The molecule has 3 atom stereocenters. The molecule has 3 aliphatic carbocycles. The summed E-state index contributed by atoms with van der Waals surface area (Å²) < 4.78 is 6.09. The van der Waals surface area contributed by atoms with E-state index in [1.165, 1.54) is 24.8 Å². The Bertz CT molecular complexity index is 631. The molecule has 1 aromatic carbocycles. The Morgan fingerprint density at radius 2 is 1.96 bits per heavy atom. The molecule has 1 saturated heterocycles. The van der Waals surface area contributed by atoms with E-state index in [2.05, 4.69) is 43.0 Å². The number of carboxylic acid groups (broad SMARTS) is 1. The van der Waals surface area contributed by atoms with Crippen LogP contribution in [0.25, 0.3) is 0 Å². The molecule has 1 aromatic rings. The second-order valence-electron chi connectivity index (χ2n) is 8.88. The molecule has 3 saturated carbocycles. The largest absolute Gasteiger partial charge is 0.493 e. The maximum atomic E-state index is 10.8. The molecule has 1 heterocycles. The first kappa shape index (κ1) is 16.9. The number of benzene rings is 1. The minimum atomic E-state index is -0.677. The van der Waals surface area contributed by atoms with Gasteiger partial charge in [-0.25, -0.2) is 0 Å². The van der Waals surface area contributed by atoms with E-state index in [9.17, 15) is 4.79 Å². The van der Waals surface area contributed by atoms with Gasteiger partial charge in [0.2, 0.25) is 0 Å². The van der Waals surface area contributed by atoms with E-state index in [4.69, 9.17) is 9.84 Å². The molecule has 0 amide bonds. The molecule has 0 aromatic heterocycles. The fourth-order valence-corrected chi connectivity index (χ4v) is 5.17. The average Bonchev–Trinajstić information content (AvgIpc) is 2.56. The molecule has 5 rings (SSSR count). The minimum Gasteiger partial charge on any atom is -0.493 e. The van der Waals surface area contributed by atoms with Crippen LogP contribution in [-0.2, 0) is 11.3 Å². The summed E-state index contributed by atoms with van der Waals surface area (Å²) in [5.41, 5.74) is 1.73. The quantitative estimate of drug-likeness (QED) is 0.856. The van der Waals surface area contributed by atoms with Crippen molar-refractivity contribution >= 4 is 5.97 Å². The lowest BCUT2D eigenvalue weighted by molar-refractivity contribution is -0.147. The van der Waals surface area contributed by atoms with Crippen molar-refractivity contribution in [3.8, 4) is 5.75 Å². The van der Waals surface area contributed by atoms with Crippen molar-refractivity contribution in [1.29, 1.82) is 0 Å². The van der Waals surface area contributed by atoms with Gasteiger partial charge in [-0.2, -0.15) is 0 Å². The van der Waals surface area contributed by atoms with E-state index in [1.54, 1.807) is 0 Å². The Morgan fingerprint density at radius 3 is 2.56 bits per heavy atom. The van der Waals surface area contributed by atoms with Crippen molar-refractivity contribution in [2.45, 2.75) is 39.7 Å². The van der Waals surface area contributed by atoms with Crippen LogP contribution in [0.15, 0.2) is 24.3 Å². The van der Waals surface area contributed by atoms with Gasteiger partial charge in [-0.3, -0.25) is 9.69 Å². The van der Waals surface area contributed by atoms with Crippen molar-refractivity contribution in [2.24, 2.45) is 29.1 Å². The molecule has 2 bridgehead atoms. The van der Waals surface area contributed by atoms with Crippen LogP contribution in [-0.4, -0.2) is 35.7 Å². The fourth-order valence-electron chi connectivity index (χ4n) is 5.17. The number of hydrogen-bond donors (Lipinski definition) is 1. The molecule has 0 radical (unpaired) electrons. The Morgan fingerprint density at radius 1 is 1.24 bits per heavy atom. The highest BCUT2D eigenvalue weighted by atomic mass is 16.5. The number of carboxylic acids is 1. The molecule has 1 N–H and O–H groups in total. The molecule has 0 spiro atoms. The zero-order valence-corrected chi connectivity index (χ0v) is 15.3. The fraction of sp³-hybridized carbons (Fsp3) is 0.667. The van der Waals surface area contributed by atoms with Crippen LogP contribution < -0.4 is 4.74 Å². The lowest BCUT2D eigenvalue weighted by Crippen LogP contribution is -2.53. The summed E-state index contributed by atoms with van der Waals surface area (Å²) in [7, 11) is 0. The maximum Gasteiger partial charge on any atom is 0.309 e. The highest BCUT2D eigenvalue weighted by Gasteiger charge is 2.54. The van der Waals surface area contributed by atoms with Gasteiger partial charge in [0.25, 0.3) is 0 Å². The van der Waals surface area contributed by atoms with Gasteiger partial charge in [0.1, 0.15) is 5.75 Å². The van der Waals surface area contributed by atoms with Gasteiger partial charge in [-0.1, -0.05) is 26.0 Å². The third kappa shape index (κ3) is 3.17. The number of carbonyl (C=O) groups is 1. The van der Waals surface area contributed by atoms with E-state index in [-0.39, 0.29) is 5.92 Å². The van der Waals surface area contributed by atoms with Gasteiger partial charge in [-0.05, 0) is 60.1 Å². The molecular weight excluding hydrogens is 314 g/mol. The molecule has 1 aliphatic heterocycles. The standard InChI is InChI=1S/C21H29NO3/c1-21(2)17-6-5-15(19(21)9-17)13-25-18-7-3-14(4-8-18)10-22-11-16(12-22)20(23)24/h3-4,7-8,15-17,19H,5-6,9-13H2,1-2H3,(H,23,24). The monoisotopic (exact) mass is 343 g/mol. The first-order valence-electron chi connectivity index (χ1n) is 9.60. The highest BCUT2D eigenvalue weighted by molar-refractivity contribution is 5.71. The van der Waals surface area contributed by atoms with Crippen molar-refractivity contribution in [3.63, 3.8) is 0 Å². The molecule has 136 valence electrons. The summed E-state index contributed by atoms with van der Waals surface area (Å²) in [5, 5.41) is 8.93. The second-order valence-corrected chi connectivity index (χ2v) is 8.88. The van der Waals surface area contributed by atoms with E-state index in [0.29, 0.717) is 24.4 Å². The zero-order valence-electron chi connectivity index (χ0n) is 15.3. The third-order valence-corrected chi connectivity index (χ3v) is 7.10. The van der Waals surface area contributed by atoms with Gasteiger partial charge in [0.15, 0.2) is 0 Å². The lowest BCUT2D eigenvalue weighted by atomic mass is 9.46. The van der Waals surface area contributed by atoms with Gasteiger partial charge >= 0.3 is 5.97 Å². The molecule has 4 aliphatic rings. The topological polar surface area (TPSA) is 49.8 Å². The van der Waals surface area contributed by atoms with E-state index >= 15 is 0 Å². The molecule has 25 heavy (non-hydrogen) atoms. The Kier molecular flexibility index (Phi) is 4.27. The smallest absolute Gasteiger partial charge is 0.309 e. The predicted molar refractivity (Wildman–Crippen MR) is 96.4 cm³/mol. The number of fused-ring (bicyclic) bond motifs is 2. The molecule has 3 unspecified atom stereocenters. The van der Waals surface area contributed by atoms with Crippen LogP contribution in [0.5, 0.6) is 5.75 Å². The molecule has 4 nitrogen and oxygen atoms in total. The predicted octanol–water partition coefficient (Wildman–Crippen LogP) is 3.65. The second kappa shape index (κ2) is 6.31. The Balaban J connectivity index is 1.25. The number of likely N-dealkylation sites (tertiary alicyclic amines) is 1. The summed E-state index contributed by atoms with van der Waals surface area (Å²) in [6, 6.07) is 8.32. The molecular formula is C21H29NO3. The number of nitrogens with zero attached hydrogens (tertiary/aromatic N) is 1. The van der Waals surface area contributed by atoms with Gasteiger partial charge in [0.05, 0.1) is 12.5 Å². The van der Waals surface area contributed by atoms with E-state index in [1.807, 2.05) is 0 Å². The summed E-state index contributed by atoms with van der Waals surface area (Å²) in [6.45, 7) is 7.84. The number of aliphatic carboxylic acids is 1. The minimum absolute atomic E-state index is 0.187. The first-order valence-corrected chi connectivity index (χ1v) is 9.60. The van der Waals surface area contributed by atoms with Crippen LogP contribution in [0.2, 0.25) is 0 Å². The SMILES string of the molecule is CC1(C)C2CCC(COc3ccc(CN4CC(C(=O)O)C4)cc3)C1C2. The van der Waals surface area contributed by atoms with Crippen LogP contribution in [0.1, 0.15) is 38.7 Å². The third-order valence-electron chi connectivity index (χ3n) is 7.10. The number of rotatable bonds is 6. The van der Waals surface area contributed by atoms with Crippen LogP contribution in [0, 0.1) is 29.1 Å². The van der Waals surface area contributed by atoms with Crippen LogP contribution in [0.4, 0.5) is 0 Å². The normalized spacial score (nSPS) is 31.0. The number of ether oxygens (including phenoxy) is 1. The molecule has 4 fully saturated rings. The van der Waals surface area contributed by atoms with E-state index < -0.39 is 5.97 Å². The van der Waals surface area contributed by atoms with Crippen LogP contribution in [0.3, 0.4) is 0 Å². The van der Waals surface area contributed by atoms with Crippen LogP contribution >= 0.6 is 0 Å². The summed E-state index contributed by atoms with van der Waals surface area (Å²) in [5.74, 6) is 2.57. The molecule has 4 heteroatoms. The summed E-state index contributed by atoms with van der Waals surface area (Å²) in [6.07, 6.45) is 4.08. The zero-order chi connectivity index (χ0) is 17.6. The highest BCUT2D eigenvalue weighted by Crippen LogP contribution is 2.61. The summed E-state index contributed by atoms with van der Waals surface area (Å²) >= 11 is 0. The van der Waals surface area contributed by atoms with E-state index in [0.717, 1.165) is 30.7 Å². The number of hydrogen-bond acceptors (Lipinski definition) is 3.